The molecule has 0 bridgehead atoms. The minimum Gasteiger partial charge on any atom is -0.494 e. The monoisotopic (exact) mass is 456 g/mol. The first kappa shape index (κ1) is 24.2. The lowest BCUT2D eigenvalue weighted by Gasteiger charge is -2.14. The van der Waals surface area contributed by atoms with Gasteiger partial charge in [-0.2, -0.15) is 0 Å². The SMILES string of the molecule is CCOc1ccc(S(=O)(=O)NCCC(=O)OC(C)C(=O)Nc2ccc(F)cc2F)cc1. The van der Waals surface area contributed by atoms with Gasteiger partial charge in [0.2, 0.25) is 10.0 Å². The maximum absolute atomic E-state index is 13.6. The van der Waals surface area contributed by atoms with E-state index in [9.17, 15) is 26.8 Å². The van der Waals surface area contributed by atoms with Crippen molar-refractivity contribution in [2.75, 3.05) is 18.5 Å². The van der Waals surface area contributed by atoms with Crippen LogP contribution in [-0.2, 0) is 24.3 Å². The second-order valence-electron chi connectivity index (χ2n) is 6.30. The van der Waals surface area contributed by atoms with Crippen LogP contribution in [0.3, 0.4) is 0 Å². The van der Waals surface area contributed by atoms with Crippen LogP contribution >= 0.6 is 0 Å². The molecule has 8 nitrogen and oxygen atoms in total. The molecule has 0 saturated carbocycles. The normalized spacial score (nSPS) is 12.1. The van der Waals surface area contributed by atoms with Crippen LogP contribution in [-0.4, -0.2) is 39.5 Å². The second-order valence-corrected chi connectivity index (χ2v) is 8.06. The van der Waals surface area contributed by atoms with Gasteiger partial charge in [-0.15, -0.1) is 0 Å². The first-order valence-electron chi connectivity index (χ1n) is 9.30. The summed E-state index contributed by atoms with van der Waals surface area (Å²) >= 11 is 0. The molecule has 0 aliphatic carbocycles. The van der Waals surface area contributed by atoms with E-state index in [1.165, 1.54) is 31.2 Å². The Labute approximate surface area is 178 Å². The zero-order chi connectivity index (χ0) is 23.0. The summed E-state index contributed by atoms with van der Waals surface area (Å²) in [6, 6.07) is 8.36. The molecule has 2 aromatic carbocycles. The summed E-state index contributed by atoms with van der Waals surface area (Å²) in [6.45, 7) is 3.26. The second kappa shape index (κ2) is 10.8. The number of nitrogens with one attached hydrogen (secondary N) is 2. The average Bonchev–Trinajstić information content (AvgIpc) is 2.70. The summed E-state index contributed by atoms with van der Waals surface area (Å²) in [5.41, 5.74) is -0.266. The maximum Gasteiger partial charge on any atom is 0.307 e. The smallest absolute Gasteiger partial charge is 0.307 e. The lowest BCUT2D eigenvalue weighted by Crippen LogP contribution is -2.32. The minimum atomic E-state index is -3.85. The zero-order valence-corrected chi connectivity index (χ0v) is 17.7. The summed E-state index contributed by atoms with van der Waals surface area (Å²) < 4.78 is 63.4. The molecule has 11 heteroatoms. The highest BCUT2D eigenvalue weighted by molar-refractivity contribution is 7.89. The highest BCUT2D eigenvalue weighted by Gasteiger charge is 2.20. The number of esters is 1. The number of anilines is 1. The van der Waals surface area contributed by atoms with Crippen LogP contribution in [0.25, 0.3) is 0 Å². The minimum absolute atomic E-state index is 0.00149. The summed E-state index contributed by atoms with van der Waals surface area (Å²) in [6.07, 6.45) is -1.61. The number of hydrogen-bond acceptors (Lipinski definition) is 6. The highest BCUT2D eigenvalue weighted by Crippen LogP contribution is 2.17. The highest BCUT2D eigenvalue weighted by atomic mass is 32.2. The molecule has 0 radical (unpaired) electrons. The molecule has 0 fully saturated rings. The van der Waals surface area contributed by atoms with Gasteiger partial charge in [0, 0.05) is 12.6 Å². The fourth-order valence-corrected chi connectivity index (χ4v) is 3.42. The predicted octanol–water partition coefficient (Wildman–Crippen LogP) is 2.60. The fraction of sp³-hybridized carbons (Fsp3) is 0.300. The lowest BCUT2D eigenvalue weighted by molar-refractivity contribution is -0.152. The van der Waals surface area contributed by atoms with Crippen molar-refractivity contribution in [3.63, 3.8) is 0 Å². The van der Waals surface area contributed by atoms with E-state index >= 15 is 0 Å². The number of carbonyl (C=O) groups excluding carboxylic acids is 2. The Morgan fingerprint density at radius 3 is 2.39 bits per heavy atom. The van der Waals surface area contributed by atoms with Gasteiger partial charge in [0.1, 0.15) is 17.4 Å². The molecule has 1 atom stereocenters. The van der Waals surface area contributed by atoms with Gasteiger partial charge < -0.3 is 14.8 Å². The number of halogens is 2. The van der Waals surface area contributed by atoms with Crippen LogP contribution in [0.15, 0.2) is 47.4 Å². The molecule has 0 aliphatic heterocycles. The van der Waals surface area contributed by atoms with Crippen LogP contribution in [0.2, 0.25) is 0 Å². The standard InChI is InChI=1S/C20H22F2N2O6S/c1-3-29-15-5-7-16(8-6-15)31(27,28)23-11-10-19(25)30-13(2)20(26)24-18-9-4-14(21)12-17(18)22/h4-9,12-13,23H,3,10-11H2,1-2H3,(H,24,26). The number of ether oxygens (including phenoxy) is 2. The van der Waals surface area contributed by atoms with E-state index in [1.807, 2.05) is 0 Å². The summed E-state index contributed by atoms with van der Waals surface area (Å²) in [5.74, 6) is -2.92. The maximum atomic E-state index is 13.6. The van der Waals surface area contributed by atoms with Crippen LogP contribution < -0.4 is 14.8 Å². The van der Waals surface area contributed by atoms with Gasteiger partial charge in [-0.25, -0.2) is 21.9 Å². The van der Waals surface area contributed by atoms with E-state index < -0.39 is 39.6 Å². The molecule has 0 aliphatic rings. The van der Waals surface area contributed by atoms with E-state index in [2.05, 4.69) is 10.0 Å². The van der Waals surface area contributed by atoms with E-state index in [-0.39, 0.29) is 23.5 Å². The van der Waals surface area contributed by atoms with Crippen molar-refractivity contribution in [2.24, 2.45) is 0 Å². The molecular weight excluding hydrogens is 434 g/mol. The van der Waals surface area contributed by atoms with Gasteiger partial charge in [0.15, 0.2) is 6.10 Å². The molecule has 1 unspecified atom stereocenters. The molecule has 0 saturated heterocycles. The van der Waals surface area contributed by atoms with Gasteiger partial charge >= 0.3 is 5.97 Å². The summed E-state index contributed by atoms with van der Waals surface area (Å²) in [5, 5.41) is 2.18. The van der Waals surface area contributed by atoms with Crippen molar-refractivity contribution in [3.05, 3.63) is 54.1 Å². The van der Waals surface area contributed by atoms with Gasteiger partial charge in [-0.05, 0) is 50.2 Å². The van der Waals surface area contributed by atoms with Gasteiger partial charge in [-0.1, -0.05) is 0 Å². The molecular formula is C20H22F2N2O6S. The van der Waals surface area contributed by atoms with Crippen LogP contribution in [0.4, 0.5) is 14.5 Å². The van der Waals surface area contributed by atoms with Crippen molar-refractivity contribution in [2.45, 2.75) is 31.3 Å². The Morgan fingerprint density at radius 1 is 1.10 bits per heavy atom. The average molecular weight is 456 g/mol. The molecule has 0 spiro atoms. The van der Waals surface area contributed by atoms with Crippen molar-refractivity contribution in [1.82, 2.24) is 4.72 Å². The van der Waals surface area contributed by atoms with E-state index in [0.29, 0.717) is 18.4 Å². The quantitative estimate of drug-likeness (QED) is 0.532. The van der Waals surface area contributed by atoms with Crippen molar-refractivity contribution >= 4 is 27.6 Å². The van der Waals surface area contributed by atoms with E-state index in [4.69, 9.17) is 9.47 Å². The largest absolute Gasteiger partial charge is 0.494 e. The van der Waals surface area contributed by atoms with Crippen molar-refractivity contribution < 1.29 is 36.3 Å². The number of hydrogen-bond donors (Lipinski definition) is 2. The Hall–Kier alpha value is -3.05. The Kier molecular flexibility index (Phi) is 8.46. The molecule has 168 valence electrons. The topological polar surface area (TPSA) is 111 Å². The number of rotatable bonds is 10. The van der Waals surface area contributed by atoms with Crippen molar-refractivity contribution in [1.29, 1.82) is 0 Å². The number of carbonyl (C=O) groups is 2. The number of amides is 1. The third-order valence-electron chi connectivity index (χ3n) is 3.93. The van der Waals surface area contributed by atoms with Crippen LogP contribution in [0.1, 0.15) is 20.3 Å². The predicted molar refractivity (Wildman–Crippen MR) is 108 cm³/mol. The zero-order valence-electron chi connectivity index (χ0n) is 16.9. The van der Waals surface area contributed by atoms with Crippen LogP contribution in [0, 0.1) is 11.6 Å². The van der Waals surface area contributed by atoms with E-state index in [0.717, 1.165) is 12.1 Å². The number of benzene rings is 2. The van der Waals surface area contributed by atoms with Gasteiger partial charge in [0.25, 0.3) is 5.91 Å². The first-order chi connectivity index (χ1) is 14.6. The van der Waals surface area contributed by atoms with Crippen LogP contribution in [0.5, 0.6) is 5.75 Å². The molecule has 1 amide bonds. The molecule has 31 heavy (non-hydrogen) atoms. The van der Waals surface area contributed by atoms with Crippen molar-refractivity contribution in [3.8, 4) is 5.75 Å². The summed E-state index contributed by atoms with van der Waals surface area (Å²) in [7, 11) is -3.85. The summed E-state index contributed by atoms with van der Waals surface area (Å²) in [4.78, 5) is 23.9. The molecule has 0 aromatic heterocycles. The Morgan fingerprint density at radius 2 is 1.77 bits per heavy atom. The fourth-order valence-electron chi connectivity index (χ4n) is 2.39. The third kappa shape index (κ3) is 7.30. The lowest BCUT2D eigenvalue weighted by atomic mass is 10.2. The molecule has 2 aromatic rings. The first-order valence-corrected chi connectivity index (χ1v) is 10.8. The van der Waals surface area contributed by atoms with Gasteiger partial charge in [0.05, 0.1) is 23.6 Å². The Balaban J connectivity index is 1.81. The Bertz CT molecular complexity index is 1030. The number of sulfonamides is 1. The van der Waals surface area contributed by atoms with E-state index in [1.54, 1.807) is 6.92 Å². The molecule has 2 N–H and O–H groups in total. The molecule has 0 heterocycles. The third-order valence-corrected chi connectivity index (χ3v) is 5.41. The molecule has 2 rings (SSSR count). The van der Waals surface area contributed by atoms with Gasteiger partial charge in [-0.3, -0.25) is 9.59 Å².